The molecule has 0 fully saturated rings. The van der Waals surface area contributed by atoms with Gasteiger partial charge in [-0.05, 0) is 44.8 Å². The maximum absolute atomic E-state index is 4.29. The molecule has 0 saturated heterocycles. The van der Waals surface area contributed by atoms with Crippen LogP contribution in [0.15, 0.2) is 26.7 Å². The predicted octanol–water partition coefficient (Wildman–Crippen LogP) is 3.66. The first-order valence-electron chi connectivity index (χ1n) is 5.07. The van der Waals surface area contributed by atoms with Crippen LogP contribution in [-0.2, 0) is 13.1 Å². The van der Waals surface area contributed by atoms with Crippen molar-refractivity contribution in [2.24, 2.45) is 0 Å². The van der Waals surface area contributed by atoms with E-state index < -0.39 is 0 Å². The van der Waals surface area contributed by atoms with E-state index in [0.717, 1.165) is 32.7 Å². The minimum Gasteiger partial charge on any atom is -0.306 e. The van der Waals surface area contributed by atoms with E-state index in [-0.39, 0.29) is 0 Å². The van der Waals surface area contributed by atoms with Crippen LogP contribution < -0.4 is 5.32 Å². The number of nitrogens with zero attached hydrogens (tertiary/aromatic N) is 2. The molecule has 90 valence electrons. The molecule has 2 heterocycles. The third kappa shape index (κ3) is 3.84. The van der Waals surface area contributed by atoms with Gasteiger partial charge in [0.1, 0.15) is 0 Å². The molecule has 0 aliphatic rings. The molecular weight excluding hydrogens is 366 g/mol. The van der Waals surface area contributed by atoms with E-state index in [0.29, 0.717) is 0 Å². The predicted molar refractivity (Wildman–Crippen MR) is 77.0 cm³/mol. The summed E-state index contributed by atoms with van der Waals surface area (Å²) in [6.07, 6.45) is 3.60. The van der Waals surface area contributed by atoms with Gasteiger partial charge in [0.05, 0.1) is 15.2 Å². The molecule has 0 radical (unpaired) electrons. The van der Waals surface area contributed by atoms with Gasteiger partial charge in [-0.25, -0.2) is 0 Å². The van der Waals surface area contributed by atoms with Crippen molar-refractivity contribution < 1.29 is 0 Å². The molecule has 17 heavy (non-hydrogen) atoms. The fourth-order valence-electron chi connectivity index (χ4n) is 1.30. The van der Waals surface area contributed by atoms with Crippen molar-refractivity contribution >= 4 is 43.2 Å². The molecule has 3 nitrogen and oxygen atoms in total. The van der Waals surface area contributed by atoms with Gasteiger partial charge in [0.15, 0.2) is 0 Å². The number of thiophene rings is 1. The van der Waals surface area contributed by atoms with E-state index in [1.54, 1.807) is 17.5 Å². The lowest BCUT2D eigenvalue weighted by Gasteiger charge is -2.02. The van der Waals surface area contributed by atoms with Gasteiger partial charge in [-0.2, -0.15) is 0 Å². The topological polar surface area (TPSA) is 37.8 Å². The summed E-state index contributed by atoms with van der Waals surface area (Å²) in [7, 11) is 0. The average Bonchev–Trinajstić information content (AvgIpc) is 2.61. The smallest absolute Gasteiger partial charge is 0.0843 e. The molecule has 0 aliphatic carbocycles. The van der Waals surface area contributed by atoms with Crippen LogP contribution in [0.25, 0.3) is 0 Å². The molecule has 2 rings (SSSR count). The van der Waals surface area contributed by atoms with E-state index >= 15 is 0 Å². The Balaban J connectivity index is 1.85. The number of aromatic nitrogens is 2. The van der Waals surface area contributed by atoms with E-state index in [4.69, 9.17) is 0 Å². The van der Waals surface area contributed by atoms with Gasteiger partial charge >= 0.3 is 0 Å². The number of hydrogen-bond acceptors (Lipinski definition) is 4. The largest absolute Gasteiger partial charge is 0.306 e. The van der Waals surface area contributed by atoms with Gasteiger partial charge in [-0.15, -0.1) is 11.3 Å². The van der Waals surface area contributed by atoms with Crippen molar-refractivity contribution in [3.63, 3.8) is 0 Å². The Morgan fingerprint density at radius 3 is 2.65 bits per heavy atom. The zero-order valence-electron chi connectivity index (χ0n) is 9.20. The van der Waals surface area contributed by atoms with Gasteiger partial charge in [0, 0.05) is 34.8 Å². The number of nitrogens with one attached hydrogen (secondary N) is 1. The second-order valence-electron chi connectivity index (χ2n) is 3.59. The molecule has 2 aromatic heterocycles. The van der Waals surface area contributed by atoms with Crippen LogP contribution in [-0.4, -0.2) is 9.97 Å². The summed E-state index contributed by atoms with van der Waals surface area (Å²) in [4.78, 5) is 9.78. The first-order valence-corrected chi connectivity index (χ1v) is 7.47. The lowest BCUT2D eigenvalue weighted by Crippen LogP contribution is -2.13. The fourth-order valence-corrected chi connectivity index (χ4v) is 3.45. The standard InChI is InChI=1S/C11H11Br2N3S/c1-7-3-16-8(5-15-7)4-14-6-9-2-10(12)11(13)17-9/h2-3,5,14H,4,6H2,1H3. The zero-order valence-corrected chi connectivity index (χ0v) is 13.2. The van der Waals surface area contributed by atoms with Crippen molar-refractivity contribution in [1.29, 1.82) is 0 Å². The van der Waals surface area contributed by atoms with Crippen LogP contribution in [0.1, 0.15) is 16.3 Å². The van der Waals surface area contributed by atoms with Crippen LogP contribution in [0.3, 0.4) is 0 Å². The Labute approximate surface area is 121 Å². The highest BCUT2D eigenvalue weighted by atomic mass is 79.9. The Bertz CT molecular complexity index is 476. The second kappa shape index (κ2) is 6.04. The summed E-state index contributed by atoms with van der Waals surface area (Å²) in [5.74, 6) is 0. The maximum atomic E-state index is 4.29. The number of hydrogen-bond donors (Lipinski definition) is 1. The van der Waals surface area contributed by atoms with Crippen LogP contribution in [0, 0.1) is 6.92 Å². The third-order valence-electron chi connectivity index (χ3n) is 2.14. The first-order chi connectivity index (χ1) is 8.15. The SMILES string of the molecule is Cc1cnc(CNCc2cc(Br)c(Br)s2)cn1. The van der Waals surface area contributed by atoms with Crippen molar-refractivity contribution in [2.45, 2.75) is 20.0 Å². The molecule has 0 aromatic carbocycles. The molecule has 0 amide bonds. The first kappa shape index (κ1) is 13.1. The molecule has 0 unspecified atom stereocenters. The molecule has 6 heteroatoms. The van der Waals surface area contributed by atoms with Crippen LogP contribution in [0.5, 0.6) is 0 Å². The molecule has 0 saturated carbocycles. The molecule has 1 N–H and O–H groups in total. The highest BCUT2D eigenvalue weighted by molar-refractivity contribution is 9.13. The Morgan fingerprint density at radius 1 is 1.24 bits per heavy atom. The molecular formula is C11H11Br2N3S. The minimum absolute atomic E-state index is 0.737. The zero-order chi connectivity index (χ0) is 12.3. The Kier molecular flexibility index (Phi) is 4.67. The lowest BCUT2D eigenvalue weighted by atomic mass is 10.4. The van der Waals surface area contributed by atoms with Crippen molar-refractivity contribution in [3.8, 4) is 0 Å². The Morgan fingerprint density at radius 2 is 2.06 bits per heavy atom. The molecule has 0 aliphatic heterocycles. The monoisotopic (exact) mass is 375 g/mol. The van der Waals surface area contributed by atoms with Gasteiger partial charge in [0.2, 0.25) is 0 Å². The summed E-state index contributed by atoms with van der Waals surface area (Å²) in [5, 5.41) is 3.34. The molecule has 2 aromatic rings. The van der Waals surface area contributed by atoms with E-state index in [1.165, 1.54) is 4.88 Å². The van der Waals surface area contributed by atoms with Gasteiger partial charge in [-0.1, -0.05) is 0 Å². The quantitative estimate of drug-likeness (QED) is 0.884. The highest BCUT2D eigenvalue weighted by Gasteiger charge is 2.03. The Hall–Kier alpha value is -0.300. The summed E-state index contributed by atoms with van der Waals surface area (Å²) < 4.78 is 2.24. The minimum atomic E-state index is 0.737. The second-order valence-corrected chi connectivity index (χ2v) is 6.90. The lowest BCUT2D eigenvalue weighted by molar-refractivity contribution is 0.682. The molecule has 0 bridgehead atoms. The van der Waals surface area contributed by atoms with Crippen molar-refractivity contribution in [1.82, 2.24) is 15.3 Å². The summed E-state index contributed by atoms with van der Waals surface area (Å²) in [6, 6.07) is 2.11. The van der Waals surface area contributed by atoms with Crippen molar-refractivity contribution in [3.05, 3.63) is 43.0 Å². The fraction of sp³-hybridized carbons (Fsp3) is 0.273. The summed E-state index contributed by atoms with van der Waals surface area (Å²) >= 11 is 8.68. The highest BCUT2D eigenvalue weighted by Crippen LogP contribution is 2.32. The van der Waals surface area contributed by atoms with E-state index in [1.807, 2.05) is 13.1 Å². The van der Waals surface area contributed by atoms with Gasteiger partial charge in [0.25, 0.3) is 0 Å². The van der Waals surface area contributed by atoms with Gasteiger partial charge < -0.3 is 5.32 Å². The van der Waals surface area contributed by atoms with Crippen LogP contribution in [0.2, 0.25) is 0 Å². The van der Waals surface area contributed by atoms with Crippen LogP contribution in [0.4, 0.5) is 0 Å². The third-order valence-corrected chi connectivity index (χ3v) is 5.39. The number of rotatable bonds is 4. The average molecular weight is 377 g/mol. The molecule has 0 atom stereocenters. The summed E-state index contributed by atoms with van der Waals surface area (Å²) in [6.45, 7) is 3.51. The van der Waals surface area contributed by atoms with E-state index in [2.05, 4.69) is 53.2 Å². The maximum Gasteiger partial charge on any atom is 0.0843 e. The summed E-state index contributed by atoms with van der Waals surface area (Å²) in [5.41, 5.74) is 1.91. The number of aryl methyl sites for hydroxylation is 1. The van der Waals surface area contributed by atoms with Gasteiger partial charge in [-0.3, -0.25) is 9.97 Å². The molecule has 0 spiro atoms. The van der Waals surface area contributed by atoms with E-state index in [9.17, 15) is 0 Å². The van der Waals surface area contributed by atoms with Crippen LogP contribution >= 0.6 is 43.2 Å². The normalized spacial score (nSPS) is 10.8. The number of halogens is 2. The van der Waals surface area contributed by atoms with Crippen molar-refractivity contribution in [2.75, 3.05) is 0 Å².